The van der Waals surface area contributed by atoms with E-state index in [9.17, 15) is 14.7 Å². The topological polar surface area (TPSA) is 76.1 Å². The summed E-state index contributed by atoms with van der Waals surface area (Å²) in [4.78, 5) is 26.7. The fourth-order valence-corrected chi connectivity index (χ4v) is 4.44. The molecule has 3 rings (SSSR count). The van der Waals surface area contributed by atoms with Gasteiger partial charge in [0.2, 0.25) is 0 Å². The molecule has 1 aliphatic carbocycles. The third kappa shape index (κ3) is 3.55. The van der Waals surface area contributed by atoms with Crippen molar-refractivity contribution in [2.45, 2.75) is 58.2 Å². The largest absolute Gasteiger partial charge is 0.496 e. The molecule has 1 saturated heterocycles. The summed E-state index contributed by atoms with van der Waals surface area (Å²) in [7, 11) is 1.51. The minimum atomic E-state index is -1.03. The molecule has 1 heterocycles. The van der Waals surface area contributed by atoms with E-state index in [-0.39, 0.29) is 17.9 Å². The number of rotatable bonds is 3. The number of methoxy groups -OCH3 is 1. The van der Waals surface area contributed by atoms with Gasteiger partial charge in [-0.05, 0) is 49.1 Å². The summed E-state index contributed by atoms with van der Waals surface area (Å²) in [6.07, 6.45) is 3.12. The number of hydrogen-bond acceptors (Lipinski definition) is 4. The number of benzene rings is 1. The Morgan fingerprint density at radius 1 is 1.22 bits per heavy atom. The van der Waals surface area contributed by atoms with Crippen molar-refractivity contribution >= 4 is 11.9 Å². The van der Waals surface area contributed by atoms with Gasteiger partial charge in [0, 0.05) is 0 Å². The van der Waals surface area contributed by atoms with Crippen LogP contribution in [-0.2, 0) is 9.53 Å². The van der Waals surface area contributed by atoms with Crippen molar-refractivity contribution < 1.29 is 24.2 Å². The molecule has 148 valence electrons. The van der Waals surface area contributed by atoms with Gasteiger partial charge in [-0.2, -0.15) is 0 Å². The number of aliphatic carboxylic acids is 1. The normalized spacial score (nSPS) is 28.4. The summed E-state index contributed by atoms with van der Waals surface area (Å²) < 4.78 is 11.4. The number of carbonyl (C=O) groups is 2. The van der Waals surface area contributed by atoms with E-state index >= 15 is 0 Å². The van der Waals surface area contributed by atoms with Crippen LogP contribution in [0.2, 0.25) is 0 Å². The van der Waals surface area contributed by atoms with Crippen LogP contribution in [0, 0.1) is 11.3 Å². The smallest absolute Gasteiger partial charge is 0.328 e. The Morgan fingerprint density at radius 3 is 2.41 bits per heavy atom. The zero-order chi connectivity index (χ0) is 19.8. The summed E-state index contributed by atoms with van der Waals surface area (Å²) in [5, 5.41) is 9.70. The van der Waals surface area contributed by atoms with E-state index in [2.05, 4.69) is 20.8 Å². The second-order valence-electron chi connectivity index (χ2n) is 8.63. The molecule has 0 radical (unpaired) electrons. The Balaban J connectivity index is 1.93. The fourth-order valence-electron chi connectivity index (χ4n) is 4.44. The molecule has 6 heteroatoms. The summed E-state index contributed by atoms with van der Waals surface area (Å²) in [6, 6.07) is 5.95. The molecule has 1 spiro atoms. The van der Waals surface area contributed by atoms with Gasteiger partial charge >= 0.3 is 5.97 Å². The molecule has 0 aromatic heterocycles. The Bertz CT molecular complexity index is 716. The number of carboxylic acid groups (broad SMARTS) is 1. The second kappa shape index (κ2) is 7.15. The van der Waals surface area contributed by atoms with Crippen LogP contribution in [0.4, 0.5) is 0 Å². The monoisotopic (exact) mass is 375 g/mol. The molecule has 1 saturated carbocycles. The molecule has 1 unspecified atom stereocenters. The van der Waals surface area contributed by atoms with Crippen LogP contribution in [0.3, 0.4) is 0 Å². The van der Waals surface area contributed by atoms with Crippen LogP contribution in [0.1, 0.15) is 56.8 Å². The Morgan fingerprint density at radius 2 is 1.85 bits per heavy atom. The lowest BCUT2D eigenvalue weighted by Crippen LogP contribution is -2.55. The first kappa shape index (κ1) is 19.7. The Labute approximate surface area is 160 Å². The van der Waals surface area contributed by atoms with Crippen LogP contribution < -0.4 is 4.74 Å². The summed E-state index contributed by atoms with van der Waals surface area (Å²) in [5.74, 6) is -0.407. The van der Waals surface area contributed by atoms with E-state index in [1.165, 1.54) is 12.0 Å². The quantitative estimate of drug-likeness (QED) is 0.874. The molecule has 6 nitrogen and oxygen atoms in total. The number of ether oxygens (including phenoxy) is 2. The van der Waals surface area contributed by atoms with Crippen molar-refractivity contribution in [1.29, 1.82) is 0 Å². The van der Waals surface area contributed by atoms with E-state index in [4.69, 9.17) is 9.47 Å². The molecular formula is C21H29NO5. The molecule has 2 fully saturated rings. The number of amides is 1. The Kier molecular flexibility index (Phi) is 5.21. The van der Waals surface area contributed by atoms with E-state index < -0.39 is 17.7 Å². The standard InChI is InChI=1S/C21H29NO5/c1-20(2,3)14-9-11-21(12-10-14)22(16(13-27-21)19(24)25)18(23)15-7-5-6-8-17(15)26-4/h5-8,14,16H,9-13H2,1-4H3,(H,24,25). The van der Waals surface area contributed by atoms with Crippen molar-refractivity contribution in [1.82, 2.24) is 4.90 Å². The number of hydrogen-bond donors (Lipinski definition) is 1. The summed E-state index contributed by atoms with van der Waals surface area (Å²) in [6.45, 7) is 6.70. The van der Waals surface area contributed by atoms with Crippen molar-refractivity contribution in [3.8, 4) is 5.75 Å². The van der Waals surface area contributed by atoms with E-state index in [0.717, 1.165) is 12.8 Å². The zero-order valence-corrected chi connectivity index (χ0v) is 16.5. The van der Waals surface area contributed by atoms with Gasteiger partial charge in [-0.3, -0.25) is 9.69 Å². The van der Waals surface area contributed by atoms with Gasteiger partial charge in [-0.1, -0.05) is 32.9 Å². The van der Waals surface area contributed by atoms with Crippen molar-refractivity contribution in [3.05, 3.63) is 29.8 Å². The summed E-state index contributed by atoms with van der Waals surface area (Å²) >= 11 is 0. The van der Waals surface area contributed by atoms with Gasteiger partial charge in [-0.15, -0.1) is 0 Å². The maximum absolute atomic E-state index is 13.4. The first-order chi connectivity index (χ1) is 12.7. The lowest BCUT2D eigenvalue weighted by Gasteiger charge is -2.46. The van der Waals surface area contributed by atoms with Gasteiger partial charge < -0.3 is 14.6 Å². The Hall–Kier alpha value is -2.08. The maximum atomic E-state index is 13.4. The molecule has 1 aromatic carbocycles. The molecular weight excluding hydrogens is 346 g/mol. The number of para-hydroxylation sites is 1. The maximum Gasteiger partial charge on any atom is 0.328 e. The highest BCUT2D eigenvalue weighted by atomic mass is 16.5. The molecule has 27 heavy (non-hydrogen) atoms. The van der Waals surface area contributed by atoms with Crippen LogP contribution in [-0.4, -0.2) is 47.4 Å². The molecule has 1 aliphatic heterocycles. The van der Waals surface area contributed by atoms with Gasteiger partial charge in [0.05, 0.1) is 19.3 Å². The molecule has 2 aliphatic rings. The van der Waals surface area contributed by atoms with Crippen molar-refractivity contribution in [2.24, 2.45) is 11.3 Å². The van der Waals surface area contributed by atoms with Gasteiger partial charge in [0.25, 0.3) is 5.91 Å². The third-order valence-electron chi connectivity index (χ3n) is 6.09. The first-order valence-electron chi connectivity index (χ1n) is 9.53. The second-order valence-corrected chi connectivity index (χ2v) is 8.63. The average Bonchev–Trinajstić information content (AvgIpc) is 2.99. The highest BCUT2D eigenvalue weighted by molar-refractivity contribution is 5.99. The zero-order valence-electron chi connectivity index (χ0n) is 16.5. The summed E-state index contributed by atoms with van der Waals surface area (Å²) in [5.41, 5.74) is -0.291. The highest BCUT2D eigenvalue weighted by Gasteiger charge is 2.55. The molecule has 0 bridgehead atoms. The van der Waals surface area contributed by atoms with E-state index in [1.807, 2.05) is 0 Å². The first-order valence-corrected chi connectivity index (χ1v) is 9.53. The van der Waals surface area contributed by atoms with Crippen LogP contribution >= 0.6 is 0 Å². The predicted octanol–water partition coefficient (Wildman–Crippen LogP) is 3.55. The molecule has 1 amide bonds. The van der Waals surface area contributed by atoms with Gasteiger partial charge in [-0.25, -0.2) is 4.79 Å². The molecule has 1 atom stereocenters. The lowest BCUT2D eigenvalue weighted by atomic mass is 9.70. The van der Waals surface area contributed by atoms with E-state index in [1.54, 1.807) is 24.3 Å². The third-order valence-corrected chi connectivity index (χ3v) is 6.09. The van der Waals surface area contributed by atoms with Crippen molar-refractivity contribution in [3.63, 3.8) is 0 Å². The average molecular weight is 375 g/mol. The predicted molar refractivity (Wildman–Crippen MR) is 101 cm³/mol. The SMILES string of the molecule is COc1ccccc1C(=O)N1C(C(=O)O)COC12CCC(C(C)(C)C)CC2. The van der Waals surface area contributed by atoms with Crippen LogP contribution in [0.25, 0.3) is 0 Å². The van der Waals surface area contributed by atoms with Gasteiger partial charge in [0.1, 0.15) is 11.5 Å². The number of carbonyl (C=O) groups excluding carboxylic acids is 1. The van der Waals surface area contributed by atoms with Crippen molar-refractivity contribution in [2.75, 3.05) is 13.7 Å². The van der Waals surface area contributed by atoms with E-state index in [0.29, 0.717) is 30.1 Å². The number of carboxylic acids is 1. The van der Waals surface area contributed by atoms with Crippen LogP contribution in [0.5, 0.6) is 5.75 Å². The lowest BCUT2D eigenvalue weighted by molar-refractivity contribution is -0.144. The highest BCUT2D eigenvalue weighted by Crippen LogP contribution is 2.47. The minimum Gasteiger partial charge on any atom is -0.496 e. The number of nitrogens with zero attached hydrogens (tertiary/aromatic N) is 1. The fraction of sp³-hybridized carbons (Fsp3) is 0.619. The minimum absolute atomic E-state index is 0.0242. The van der Waals surface area contributed by atoms with Crippen LogP contribution in [0.15, 0.2) is 24.3 Å². The molecule has 1 aromatic rings. The van der Waals surface area contributed by atoms with Gasteiger partial charge in [0.15, 0.2) is 6.04 Å². The molecule has 1 N–H and O–H groups in total.